The number of nitrogens with two attached hydrogens (primary N) is 1. The molecule has 96 valence electrons. The van der Waals surface area contributed by atoms with E-state index >= 15 is 0 Å². The summed E-state index contributed by atoms with van der Waals surface area (Å²) in [5.74, 6) is 1.50. The fraction of sp³-hybridized carbons (Fsp3) is 0.700. The maximum absolute atomic E-state index is 11.2. The van der Waals surface area contributed by atoms with Crippen LogP contribution in [-0.4, -0.2) is 37.2 Å². The SMILES string of the molecule is CC(C)c1nc(N)nc(NCC(C)S(C)=O)n1. The van der Waals surface area contributed by atoms with E-state index in [9.17, 15) is 4.21 Å². The maximum atomic E-state index is 11.2. The van der Waals surface area contributed by atoms with Gasteiger partial charge in [-0.2, -0.15) is 15.0 Å². The lowest BCUT2D eigenvalue weighted by Crippen LogP contribution is -2.22. The van der Waals surface area contributed by atoms with Crippen LogP contribution >= 0.6 is 0 Å². The first-order valence-corrected chi connectivity index (χ1v) is 7.09. The van der Waals surface area contributed by atoms with Crippen molar-refractivity contribution >= 4 is 22.7 Å². The molecule has 0 spiro atoms. The second kappa shape index (κ2) is 5.90. The lowest BCUT2D eigenvalue weighted by atomic mass is 10.2. The van der Waals surface area contributed by atoms with Crippen molar-refractivity contribution in [2.75, 3.05) is 23.9 Å². The summed E-state index contributed by atoms with van der Waals surface area (Å²) in [6.07, 6.45) is 1.67. The van der Waals surface area contributed by atoms with Gasteiger partial charge in [0, 0.05) is 34.8 Å². The van der Waals surface area contributed by atoms with Crippen LogP contribution in [0.4, 0.5) is 11.9 Å². The van der Waals surface area contributed by atoms with Crippen LogP contribution in [0.1, 0.15) is 32.5 Å². The fourth-order valence-electron chi connectivity index (χ4n) is 1.10. The van der Waals surface area contributed by atoms with E-state index in [1.807, 2.05) is 20.8 Å². The average molecular weight is 257 g/mol. The molecule has 0 aliphatic rings. The summed E-state index contributed by atoms with van der Waals surface area (Å²) in [4.78, 5) is 12.3. The van der Waals surface area contributed by atoms with Gasteiger partial charge in [0.05, 0.1) is 0 Å². The first kappa shape index (κ1) is 13.8. The van der Waals surface area contributed by atoms with Gasteiger partial charge < -0.3 is 11.1 Å². The number of aromatic nitrogens is 3. The van der Waals surface area contributed by atoms with Crippen molar-refractivity contribution < 1.29 is 4.21 Å². The number of hydrogen-bond donors (Lipinski definition) is 2. The molecule has 0 radical (unpaired) electrons. The van der Waals surface area contributed by atoms with Crippen LogP contribution in [0.2, 0.25) is 0 Å². The van der Waals surface area contributed by atoms with Gasteiger partial charge in [0.15, 0.2) is 0 Å². The van der Waals surface area contributed by atoms with Crippen LogP contribution in [-0.2, 0) is 10.8 Å². The molecule has 0 fully saturated rings. The van der Waals surface area contributed by atoms with E-state index in [4.69, 9.17) is 5.73 Å². The van der Waals surface area contributed by atoms with E-state index in [-0.39, 0.29) is 17.1 Å². The first-order chi connectivity index (χ1) is 7.90. The Morgan fingerprint density at radius 3 is 2.47 bits per heavy atom. The minimum atomic E-state index is -0.868. The highest BCUT2D eigenvalue weighted by Gasteiger charge is 2.10. The summed E-state index contributed by atoms with van der Waals surface area (Å²) in [5, 5.41) is 3.06. The molecule has 0 aliphatic heterocycles. The van der Waals surface area contributed by atoms with Crippen molar-refractivity contribution in [3.63, 3.8) is 0 Å². The van der Waals surface area contributed by atoms with Gasteiger partial charge in [-0.25, -0.2) is 0 Å². The summed E-state index contributed by atoms with van der Waals surface area (Å²) >= 11 is 0. The summed E-state index contributed by atoms with van der Waals surface area (Å²) in [6, 6.07) is 0. The summed E-state index contributed by atoms with van der Waals surface area (Å²) < 4.78 is 11.2. The van der Waals surface area contributed by atoms with Gasteiger partial charge in [0.1, 0.15) is 5.82 Å². The predicted molar refractivity (Wildman–Crippen MR) is 70.3 cm³/mol. The summed E-state index contributed by atoms with van der Waals surface area (Å²) in [7, 11) is -0.868. The van der Waals surface area contributed by atoms with Crippen LogP contribution in [0.15, 0.2) is 0 Å². The van der Waals surface area contributed by atoms with Crippen LogP contribution < -0.4 is 11.1 Å². The molecule has 0 bridgehead atoms. The van der Waals surface area contributed by atoms with Crippen LogP contribution in [0.5, 0.6) is 0 Å². The molecule has 1 heterocycles. The smallest absolute Gasteiger partial charge is 0.227 e. The molecule has 0 aliphatic carbocycles. The van der Waals surface area contributed by atoms with Crippen LogP contribution in [0, 0.1) is 0 Å². The van der Waals surface area contributed by atoms with Gasteiger partial charge in [-0.1, -0.05) is 13.8 Å². The molecular formula is C10H19N5OS. The van der Waals surface area contributed by atoms with E-state index < -0.39 is 10.8 Å². The molecule has 17 heavy (non-hydrogen) atoms. The van der Waals surface area contributed by atoms with Gasteiger partial charge >= 0.3 is 0 Å². The Balaban J connectivity index is 2.74. The Morgan fingerprint density at radius 1 is 1.29 bits per heavy atom. The number of nitrogens with zero attached hydrogens (tertiary/aromatic N) is 3. The molecule has 1 rings (SSSR count). The number of hydrogen-bond acceptors (Lipinski definition) is 6. The normalized spacial score (nSPS) is 14.6. The molecule has 0 aromatic carbocycles. The van der Waals surface area contributed by atoms with Crippen molar-refractivity contribution in [2.24, 2.45) is 0 Å². The molecule has 1 aromatic heterocycles. The number of rotatable bonds is 5. The Hall–Kier alpha value is -1.24. The molecule has 1 aromatic rings. The lowest BCUT2D eigenvalue weighted by molar-refractivity contribution is 0.678. The highest BCUT2D eigenvalue weighted by atomic mass is 32.2. The largest absolute Gasteiger partial charge is 0.368 e. The third-order valence-electron chi connectivity index (χ3n) is 2.30. The second-order valence-corrected chi connectivity index (χ2v) is 6.02. The lowest BCUT2D eigenvalue weighted by Gasteiger charge is -2.11. The predicted octanol–water partition coefficient (Wildman–Crippen LogP) is 0.756. The molecule has 3 N–H and O–H groups in total. The van der Waals surface area contributed by atoms with Gasteiger partial charge in [0.25, 0.3) is 0 Å². The van der Waals surface area contributed by atoms with E-state index in [2.05, 4.69) is 20.3 Å². The highest BCUT2D eigenvalue weighted by Crippen LogP contribution is 2.11. The van der Waals surface area contributed by atoms with E-state index in [0.717, 1.165) is 0 Å². The molecule has 7 heteroatoms. The first-order valence-electron chi connectivity index (χ1n) is 5.47. The quantitative estimate of drug-likeness (QED) is 0.808. The molecular weight excluding hydrogens is 238 g/mol. The molecule has 0 saturated carbocycles. The molecule has 0 saturated heterocycles. The average Bonchev–Trinajstić information content (AvgIpc) is 2.24. The van der Waals surface area contributed by atoms with Gasteiger partial charge in [-0.15, -0.1) is 0 Å². The summed E-state index contributed by atoms with van der Waals surface area (Å²) in [6.45, 7) is 6.42. The Kier molecular flexibility index (Phi) is 4.80. The highest BCUT2D eigenvalue weighted by molar-refractivity contribution is 7.84. The Labute approximate surface area is 104 Å². The Bertz CT molecular complexity index is 410. The minimum Gasteiger partial charge on any atom is -0.368 e. The van der Waals surface area contributed by atoms with Gasteiger partial charge in [0.2, 0.25) is 11.9 Å². The van der Waals surface area contributed by atoms with Crippen LogP contribution in [0.3, 0.4) is 0 Å². The molecule has 2 atom stereocenters. The van der Waals surface area contributed by atoms with E-state index in [1.165, 1.54) is 0 Å². The topological polar surface area (TPSA) is 93.8 Å². The van der Waals surface area contributed by atoms with Crippen molar-refractivity contribution in [2.45, 2.75) is 31.9 Å². The molecule has 2 unspecified atom stereocenters. The zero-order valence-corrected chi connectivity index (χ0v) is 11.4. The van der Waals surface area contributed by atoms with Gasteiger partial charge in [-0.05, 0) is 6.92 Å². The van der Waals surface area contributed by atoms with Crippen molar-refractivity contribution in [1.29, 1.82) is 0 Å². The second-order valence-electron chi connectivity index (χ2n) is 4.22. The number of nitrogen functional groups attached to an aromatic ring is 1. The van der Waals surface area contributed by atoms with Crippen molar-refractivity contribution in [1.82, 2.24) is 15.0 Å². The fourth-order valence-corrected chi connectivity index (χ4v) is 1.42. The Morgan fingerprint density at radius 2 is 1.94 bits per heavy atom. The van der Waals surface area contributed by atoms with E-state index in [1.54, 1.807) is 6.26 Å². The summed E-state index contributed by atoms with van der Waals surface area (Å²) in [5.41, 5.74) is 5.60. The molecule has 0 amide bonds. The van der Waals surface area contributed by atoms with Gasteiger partial charge in [-0.3, -0.25) is 4.21 Å². The van der Waals surface area contributed by atoms with Crippen LogP contribution in [0.25, 0.3) is 0 Å². The van der Waals surface area contributed by atoms with Crippen molar-refractivity contribution in [3.05, 3.63) is 5.82 Å². The zero-order chi connectivity index (χ0) is 13.0. The van der Waals surface area contributed by atoms with E-state index in [0.29, 0.717) is 18.3 Å². The minimum absolute atomic E-state index is 0.0375. The third kappa shape index (κ3) is 4.26. The standard InChI is InChI=1S/C10H19N5OS/c1-6(2)8-13-9(11)15-10(14-8)12-5-7(3)17(4)16/h6-7H,5H2,1-4H3,(H3,11,12,13,14,15). The van der Waals surface area contributed by atoms with Crippen molar-refractivity contribution in [3.8, 4) is 0 Å². The third-order valence-corrected chi connectivity index (χ3v) is 3.60. The maximum Gasteiger partial charge on any atom is 0.227 e. The zero-order valence-electron chi connectivity index (χ0n) is 10.6. The monoisotopic (exact) mass is 257 g/mol. The number of nitrogens with one attached hydrogen (secondary N) is 1. The molecule has 6 nitrogen and oxygen atoms in total. The number of anilines is 2.